The second-order valence-corrected chi connectivity index (χ2v) is 9.18. The summed E-state index contributed by atoms with van der Waals surface area (Å²) in [5.41, 5.74) is 11.8. The molecule has 13 heteroatoms. The zero-order valence-electron chi connectivity index (χ0n) is 20.3. The molecule has 4 amide bonds. The zero-order valence-corrected chi connectivity index (χ0v) is 21.2. The van der Waals surface area contributed by atoms with Gasteiger partial charge in [0, 0.05) is 12.2 Å². The van der Waals surface area contributed by atoms with Crippen LogP contribution in [0.4, 0.5) is 0 Å². The molecule has 0 saturated carbocycles. The largest absolute Gasteiger partial charge is 0.508 e. The standard InChI is InChI=1S/C23H35N5O7S/c1-12(2)9-17(23(34)35)27-22(33)18(11-36)28-21(32)16(7-8-19(25)30)26-20(31)15(24)10-13-3-5-14(29)6-4-13/h3-6,12,15-18,29,36H,7-11,24H2,1-2H3,(H2,25,30)(H,26,31)(H,27,33)(H,28,32)(H,34,35). The van der Waals surface area contributed by atoms with E-state index in [1.54, 1.807) is 26.0 Å². The maximum Gasteiger partial charge on any atom is 0.326 e. The lowest BCUT2D eigenvalue weighted by Gasteiger charge is -2.24. The topological polar surface area (TPSA) is 214 Å². The van der Waals surface area contributed by atoms with Crippen molar-refractivity contribution in [2.45, 2.75) is 63.7 Å². The number of phenolic OH excluding ortho intramolecular Hbond substituents is 1. The summed E-state index contributed by atoms with van der Waals surface area (Å²) in [6.45, 7) is 3.61. The molecule has 0 radical (unpaired) electrons. The molecule has 200 valence electrons. The molecule has 0 bridgehead atoms. The van der Waals surface area contributed by atoms with Crippen molar-refractivity contribution in [2.24, 2.45) is 17.4 Å². The van der Waals surface area contributed by atoms with Crippen molar-refractivity contribution >= 4 is 42.2 Å². The molecular formula is C23H35N5O7S. The fourth-order valence-electron chi connectivity index (χ4n) is 3.24. The average Bonchev–Trinajstić information content (AvgIpc) is 2.80. The Hall–Kier alpha value is -3.32. The van der Waals surface area contributed by atoms with Crippen molar-refractivity contribution in [3.05, 3.63) is 29.8 Å². The van der Waals surface area contributed by atoms with E-state index in [9.17, 15) is 34.2 Å². The van der Waals surface area contributed by atoms with E-state index in [0.29, 0.717) is 5.56 Å². The number of aliphatic carboxylic acids is 1. The highest BCUT2D eigenvalue weighted by Gasteiger charge is 2.30. The second kappa shape index (κ2) is 14.9. The minimum absolute atomic E-state index is 0.00498. The maximum atomic E-state index is 12.9. The van der Waals surface area contributed by atoms with E-state index in [-0.39, 0.29) is 43.1 Å². The minimum atomic E-state index is -1.24. The summed E-state index contributed by atoms with van der Waals surface area (Å²) in [5.74, 6) is -4.23. The Balaban J connectivity index is 2.89. The smallest absolute Gasteiger partial charge is 0.326 e. The van der Waals surface area contributed by atoms with Gasteiger partial charge in [0.25, 0.3) is 0 Å². The summed E-state index contributed by atoms with van der Waals surface area (Å²) in [5, 5.41) is 26.0. The molecule has 0 aromatic heterocycles. The first-order valence-electron chi connectivity index (χ1n) is 11.4. The molecule has 0 aliphatic carbocycles. The molecule has 1 rings (SSSR count). The van der Waals surface area contributed by atoms with Gasteiger partial charge in [-0.25, -0.2) is 4.79 Å². The normalized spacial score (nSPS) is 14.2. The van der Waals surface area contributed by atoms with Crippen LogP contribution in [0.1, 0.15) is 38.7 Å². The molecule has 4 atom stereocenters. The second-order valence-electron chi connectivity index (χ2n) is 8.82. The van der Waals surface area contributed by atoms with E-state index < -0.39 is 53.8 Å². The van der Waals surface area contributed by atoms with Crippen LogP contribution in [0.5, 0.6) is 5.75 Å². The summed E-state index contributed by atoms with van der Waals surface area (Å²) in [6, 6.07) is 1.45. The number of aromatic hydroxyl groups is 1. The Labute approximate surface area is 215 Å². The number of carboxylic acid groups (broad SMARTS) is 1. The molecule has 0 spiro atoms. The molecular weight excluding hydrogens is 490 g/mol. The highest BCUT2D eigenvalue weighted by Crippen LogP contribution is 2.11. The monoisotopic (exact) mass is 525 g/mol. The third-order valence-corrected chi connectivity index (χ3v) is 5.54. The molecule has 4 unspecified atom stereocenters. The molecule has 9 N–H and O–H groups in total. The number of primary amides is 1. The van der Waals surface area contributed by atoms with Crippen LogP contribution in [0.15, 0.2) is 24.3 Å². The highest BCUT2D eigenvalue weighted by atomic mass is 32.1. The van der Waals surface area contributed by atoms with Gasteiger partial charge in [-0.2, -0.15) is 12.6 Å². The van der Waals surface area contributed by atoms with Gasteiger partial charge in [0.1, 0.15) is 23.9 Å². The van der Waals surface area contributed by atoms with E-state index in [1.807, 2.05) is 0 Å². The van der Waals surface area contributed by atoms with Gasteiger partial charge in [0.05, 0.1) is 6.04 Å². The van der Waals surface area contributed by atoms with Crippen molar-refractivity contribution in [1.82, 2.24) is 16.0 Å². The molecule has 0 heterocycles. The Kier molecular flexibility index (Phi) is 12.7. The Bertz CT molecular complexity index is 926. The number of rotatable bonds is 15. The van der Waals surface area contributed by atoms with Gasteiger partial charge in [-0.15, -0.1) is 0 Å². The average molecular weight is 526 g/mol. The van der Waals surface area contributed by atoms with E-state index in [0.717, 1.165) is 0 Å². The summed E-state index contributed by atoms with van der Waals surface area (Å²) < 4.78 is 0. The number of nitrogens with two attached hydrogens (primary N) is 2. The Morgan fingerprint density at radius 3 is 1.94 bits per heavy atom. The summed E-state index contributed by atoms with van der Waals surface area (Å²) in [7, 11) is 0. The maximum absolute atomic E-state index is 12.9. The number of carbonyl (C=O) groups excluding carboxylic acids is 4. The van der Waals surface area contributed by atoms with Gasteiger partial charge in [-0.1, -0.05) is 26.0 Å². The molecule has 36 heavy (non-hydrogen) atoms. The van der Waals surface area contributed by atoms with Crippen molar-refractivity contribution in [1.29, 1.82) is 0 Å². The summed E-state index contributed by atoms with van der Waals surface area (Å²) in [4.78, 5) is 60.9. The van der Waals surface area contributed by atoms with Gasteiger partial charge >= 0.3 is 5.97 Å². The molecule has 0 saturated heterocycles. The van der Waals surface area contributed by atoms with Crippen LogP contribution in [0.25, 0.3) is 0 Å². The summed E-state index contributed by atoms with van der Waals surface area (Å²) in [6.07, 6.45) is -0.0709. The van der Waals surface area contributed by atoms with Crippen molar-refractivity contribution in [2.75, 3.05) is 5.75 Å². The summed E-state index contributed by atoms with van der Waals surface area (Å²) >= 11 is 4.07. The molecule has 1 aromatic rings. The quantitative estimate of drug-likeness (QED) is 0.133. The van der Waals surface area contributed by atoms with Gasteiger partial charge in [0.15, 0.2) is 0 Å². The molecule has 1 aromatic carbocycles. The number of nitrogens with one attached hydrogen (secondary N) is 3. The predicted molar refractivity (Wildman–Crippen MR) is 135 cm³/mol. The first-order chi connectivity index (χ1) is 16.8. The van der Waals surface area contributed by atoms with Crippen LogP contribution < -0.4 is 27.4 Å². The number of hydrogen-bond acceptors (Lipinski definition) is 8. The van der Waals surface area contributed by atoms with E-state index in [4.69, 9.17) is 11.5 Å². The van der Waals surface area contributed by atoms with Gasteiger partial charge in [-0.05, 0) is 42.9 Å². The predicted octanol–water partition coefficient (Wildman–Crippen LogP) is -0.958. The van der Waals surface area contributed by atoms with Crippen LogP contribution in [0.2, 0.25) is 0 Å². The lowest BCUT2D eigenvalue weighted by Crippen LogP contribution is -2.58. The number of carboxylic acids is 1. The SMILES string of the molecule is CC(C)CC(NC(=O)C(CS)NC(=O)C(CCC(N)=O)NC(=O)C(N)Cc1ccc(O)cc1)C(=O)O. The number of hydrogen-bond donors (Lipinski definition) is 8. The van der Waals surface area contributed by atoms with Crippen LogP contribution in [-0.2, 0) is 30.4 Å². The third kappa shape index (κ3) is 11.0. The first kappa shape index (κ1) is 30.7. The number of amides is 4. The Morgan fingerprint density at radius 1 is 0.917 bits per heavy atom. The Morgan fingerprint density at radius 2 is 1.44 bits per heavy atom. The zero-order chi connectivity index (χ0) is 27.4. The highest BCUT2D eigenvalue weighted by molar-refractivity contribution is 7.80. The van der Waals surface area contributed by atoms with Crippen LogP contribution in [0, 0.1) is 5.92 Å². The van der Waals surface area contributed by atoms with Crippen LogP contribution in [-0.4, -0.2) is 69.7 Å². The van der Waals surface area contributed by atoms with Crippen molar-refractivity contribution < 1.29 is 34.2 Å². The van der Waals surface area contributed by atoms with Crippen LogP contribution >= 0.6 is 12.6 Å². The van der Waals surface area contributed by atoms with Crippen molar-refractivity contribution in [3.8, 4) is 5.75 Å². The number of phenols is 1. The van der Waals surface area contributed by atoms with Crippen molar-refractivity contribution in [3.63, 3.8) is 0 Å². The number of thiol groups is 1. The molecule has 0 aliphatic heterocycles. The lowest BCUT2D eigenvalue weighted by atomic mass is 10.0. The van der Waals surface area contributed by atoms with Crippen LogP contribution in [0.3, 0.4) is 0 Å². The first-order valence-corrected chi connectivity index (χ1v) is 12.0. The van der Waals surface area contributed by atoms with E-state index >= 15 is 0 Å². The van der Waals surface area contributed by atoms with E-state index in [2.05, 4.69) is 28.6 Å². The lowest BCUT2D eigenvalue weighted by molar-refractivity contribution is -0.142. The molecule has 0 aliphatic rings. The van der Waals surface area contributed by atoms with Gasteiger partial charge < -0.3 is 37.6 Å². The third-order valence-electron chi connectivity index (χ3n) is 5.18. The number of benzene rings is 1. The molecule has 0 fully saturated rings. The minimum Gasteiger partial charge on any atom is -0.508 e. The fraction of sp³-hybridized carbons (Fsp3) is 0.522. The van der Waals surface area contributed by atoms with E-state index in [1.165, 1.54) is 12.1 Å². The molecule has 12 nitrogen and oxygen atoms in total. The number of carbonyl (C=O) groups is 5. The fourth-order valence-corrected chi connectivity index (χ4v) is 3.50. The van der Waals surface area contributed by atoms with Gasteiger partial charge in [-0.3, -0.25) is 19.2 Å². The van der Waals surface area contributed by atoms with Gasteiger partial charge in [0.2, 0.25) is 23.6 Å².